The summed E-state index contributed by atoms with van der Waals surface area (Å²) in [6.45, 7) is 6.81. The van der Waals surface area contributed by atoms with Crippen LogP contribution < -0.4 is 26.6 Å². The molecule has 0 saturated heterocycles. The van der Waals surface area contributed by atoms with E-state index in [9.17, 15) is 14.4 Å². The minimum absolute atomic E-state index is 0.0315. The van der Waals surface area contributed by atoms with Gasteiger partial charge in [0.25, 0.3) is 5.56 Å². The van der Waals surface area contributed by atoms with E-state index in [4.69, 9.17) is 10.5 Å². The monoisotopic (exact) mass is 416 g/mol. The first-order valence-corrected chi connectivity index (χ1v) is 10.3. The van der Waals surface area contributed by atoms with Crippen molar-refractivity contribution in [1.29, 1.82) is 0 Å². The van der Waals surface area contributed by atoms with Crippen LogP contribution in [0.3, 0.4) is 0 Å². The molecule has 0 bridgehead atoms. The number of aromatic amines is 1. The molecule has 8 heteroatoms. The summed E-state index contributed by atoms with van der Waals surface area (Å²) >= 11 is 0. The lowest BCUT2D eigenvalue weighted by Crippen LogP contribution is -2.42. The molecular formula is C22H32N4O4. The van der Waals surface area contributed by atoms with Crippen LogP contribution in [-0.2, 0) is 17.8 Å². The Hall–Kier alpha value is -3.03. The SMILES string of the molecule is CCCCn1c(N)c(N(CCC(C)C)C(=O)Cc2ccc(OC)cc2)c(=O)[nH]c1=O. The molecular weight excluding hydrogens is 384 g/mol. The zero-order valence-electron chi connectivity index (χ0n) is 18.2. The maximum Gasteiger partial charge on any atom is 0.330 e. The molecule has 2 rings (SSSR count). The predicted molar refractivity (Wildman–Crippen MR) is 119 cm³/mol. The van der Waals surface area contributed by atoms with E-state index in [0.717, 1.165) is 18.4 Å². The number of methoxy groups -OCH3 is 1. The van der Waals surface area contributed by atoms with Crippen molar-refractivity contribution < 1.29 is 9.53 Å². The molecule has 0 fully saturated rings. The van der Waals surface area contributed by atoms with Gasteiger partial charge in [0.2, 0.25) is 5.91 Å². The lowest BCUT2D eigenvalue weighted by Gasteiger charge is -2.25. The number of aromatic nitrogens is 2. The molecule has 2 aromatic rings. The molecule has 0 atom stereocenters. The van der Waals surface area contributed by atoms with Crippen LogP contribution >= 0.6 is 0 Å². The topological polar surface area (TPSA) is 110 Å². The molecule has 0 spiro atoms. The third kappa shape index (κ3) is 5.75. The number of nitrogens with one attached hydrogen (secondary N) is 1. The van der Waals surface area contributed by atoms with Gasteiger partial charge in [-0.05, 0) is 36.5 Å². The maximum absolute atomic E-state index is 13.2. The third-order valence-electron chi connectivity index (χ3n) is 4.96. The molecule has 3 N–H and O–H groups in total. The van der Waals surface area contributed by atoms with Crippen LogP contribution in [0.15, 0.2) is 33.9 Å². The van der Waals surface area contributed by atoms with Crippen LogP contribution in [0.5, 0.6) is 5.75 Å². The molecule has 0 saturated carbocycles. The standard InChI is InChI=1S/C22H32N4O4/c1-5-6-12-26-20(23)19(21(28)24-22(26)29)25(13-11-15(2)3)18(27)14-16-7-9-17(30-4)10-8-16/h7-10,15H,5-6,11-14,23H2,1-4H3,(H,24,28,29). The van der Waals surface area contributed by atoms with Crippen molar-refractivity contribution >= 4 is 17.4 Å². The fraction of sp³-hybridized carbons (Fsp3) is 0.500. The second kappa shape index (κ2) is 10.7. The lowest BCUT2D eigenvalue weighted by molar-refractivity contribution is -0.118. The summed E-state index contributed by atoms with van der Waals surface area (Å²) in [5, 5.41) is 0. The van der Waals surface area contributed by atoms with Gasteiger partial charge in [-0.25, -0.2) is 4.79 Å². The van der Waals surface area contributed by atoms with Gasteiger partial charge in [0.1, 0.15) is 11.6 Å². The number of hydrogen-bond donors (Lipinski definition) is 2. The highest BCUT2D eigenvalue weighted by Crippen LogP contribution is 2.21. The molecule has 0 aliphatic heterocycles. The van der Waals surface area contributed by atoms with Gasteiger partial charge < -0.3 is 15.4 Å². The summed E-state index contributed by atoms with van der Waals surface area (Å²) in [7, 11) is 1.58. The largest absolute Gasteiger partial charge is 0.497 e. The molecule has 0 aliphatic carbocycles. The van der Waals surface area contributed by atoms with Crippen LogP contribution in [0.4, 0.5) is 11.5 Å². The first-order chi connectivity index (χ1) is 14.3. The Kier molecular flexibility index (Phi) is 8.26. The second-order valence-electron chi connectivity index (χ2n) is 7.75. The number of nitrogen functional groups attached to an aromatic ring is 1. The van der Waals surface area contributed by atoms with Crippen molar-refractivity contribution in [2.24, 2.45) is 5.92 Å². The van der Waals surface area contributed by atoms with Gasteiger partial charge >= 0.3 is 5.69 Å². The van der Waals surface area contributed by atoms with Crippen LogP contribution in [0.25, 0.3) is 0 Å². The minimum atomic E-state index is -0.642. The highest BCUT2D eigenvalue weighted by Gasteiger charge is 2.24. The van der Waals surface area contributed by atoms with E-state index in [1.165, 1.54) is 9.47 Å². The number of H-pyrrole nitrogens is 1. The molecule has 0 unspecified atom stereocenters. The van der Waals surface area contributed by atoms with E-state index >= 15 is 0 Å². The molecule has 1 aromatic carbocycles. The molecule has 0 radical (unpaired) electrons. The number of unbranched alkanes of at least 4 members (excludes halogenated alkanes) is 1. The zero-order chi connectivity index (χ0) is 22.3. The highest BCUT2D eigenvalue weighted by molar-refractivity contribution is 5.96. The van der Waals surface area contributed by atoms with Gasteiger partial charge in [-0.2, -0.15) is 0 Å². The third-order valence-corrected chi connectivity index (χ3v) is 4.96. The summed E-state index contributed by atoms with van der Waals surface area (Å²) in [4.78, 5) is 41.8. The summed E-state index contributed by atoms with van der Waals surface area (Å²) in [6.07, 6.45) is 2.41. The number of anilines is 2. The molecule has 1 aromatic heterocycles. The van der Waals surface area contributed by atoms with E-state index in [-0.39, 0.29) is 23.8 Å². The van der Waals surface area contributed by atoms with Crippen molar-refractivity contribution in [2.75, 3.05) is 24.3 Å². The normalized spacial score (nSPS) is 11.0. The van der Waals surface area contributed by atoms with Crippen molar-refractivity contribution in [1.82, 2.24) is 9.55 Å². The maximum atomic E-state index is 13.2. The smallest absolute Gasteiger partial charge is 0.330 e. The number of nitrogens with two attached hydrogens (primary N) is 1. The minimum Gasteiger partial charge on any atom is -0.497 e. The molecule has 30 heavy (non-hydrogen) atoms. The number of rotatable bonds is 10. The summed E-state index contributed by atoms with van der Waals surface area (Å²) in [6, 6.07) is 7.20. The van der Waals surface area contributed by atoms with E-state index in [0.29, 0.717) is 31.2 Å². The van der Waals surface area contributed by atoms with Gasteiger partial charge in [0.15, 0.2) is 5.69 Å². The number of hydrogen-bond acceptors (Lipinski definition) is 5. The van der Waals surface area contributed by atoms with Crippen molar-refractivity contribution in [3.63, 3.8) is 0 Å². The fourth-order valence-corrected chi connectivity index (χ4v) is 3.14. The Morgan fingerprint density at radius 2 is 1.90 bits per heavy atom. The van der Waals surface area contributed by atoms with E-state index in [1.54, 1.807) is 19.2 Å². The van der Waals surface area contributed by atoms with Crippen LogP contribution in [0.2, 0.25) is 0 Å². The van der Waals surface area contributed by atoms with Crippen molar-refractivity contribution in [3.8, 4) is 5.75 Å². The number of ether oxygens (including phenoxy) is 1. The number of amides is 1. The zero-order valence-corrected chi connectivity index (χ0v) is 18.2. The lowest BCUT2D eigenvalue weighted by atomic mass is 10.1. The van der Waals surface area contributed by atoms with Gasteiger partial charge in [-0.15, -0.1) is 0 Å². The second-order valence-corrected chi connectivity index (χ2v) is 7.75. The fourth-order valence-electron chi connectivity index (χ4n) is 3.14. The highest BCUT2D eigenvalue weighted by atomic mass is 16.5. The average Bonchev–Trinajstić information content (AvgIpc) is 2.70. The average molecular weight is 417 g/mol. The number of benzene rings is 1. The predicted octanol–water partition coefficient (Wildman–Crippen LogP) is 2.55. The van der Waals surface area contributed by atoms with Gasteiger partial charge in [0.05, 0.1) is 13.5 Å². The summed E-state index contributed by atoms with van der Waals surface area (Å²) in [5.41, 5.74) is 5.88. The first-order valence-electron chi connectivity index (χ1n) is 10.3. The van der Waals surface area contributed by atoms with Gasteiger partial charge in [-0.3, -0.25) is 19.1 Å². The quantitative estimate of drug-likeness (QED) is 0.618. The number of nitrogens with zero attached hydrogens (tertiary/aromatic N) is 2. The van der Waals surface area contributed by atoms with Crippen LogP contribution in [-0.4, -0.2) is 29.1 Å². The van der Waals surface area contributed by atoms with Crippen molar-refractivity contribution in [3.05, 3.63) is 50.7 Å². The van der Waals surface area contributed by atoms with Gasteiger partial charge in [0, 0.05) is 13.1 Å². The Morgan fingerprint density at radius 3 is 2.47 bits per heavy atom. The van der Waals surface area contributed by atoms with Crippen LogP contribution in [0.1, 0.15) is 45.6 Å². The molecule has 1 amide bonds. The van der Waals surface area contributed by atoms with E-state index in [1.807, 2.05) is 32.9 Å². The number of carbonyl (C=O) groups excluding carboxylic acids is 1. The Balaban J connectivity index is 2.43. The van der Waals surface area contributed by atoms with E-state index < -0.39 is 11.2 Å². The molecule has 8 nitrogen and oxygen atoms in total. The van der Waals surface area contributed by atoms with E-state index in [2.05, 4.69) is 4.98 Å². The molecule has 1 heterocycles. The summed E-state index contributed by atoms with van der Waals surface area (Å²) < 4.78 is 6.49. The molecule has 0 aliphatic rings. The first kappa shape index (κ1) is 23.3. The number of carbonyl (C=O) groups is 1. The Bertz CT molecular complexity index is 961. The van der Waals surface area contributed by atoms with Gasteiger partial charge in [-0.1, -0.05) is 39.3 Å². The Morgan fingerprint density at radius 1 is 1.23 bits per heavy atom. The van der Waals surface area contributed by atoms with Crippen molar-refractivity contribution in [2.45, 2.75) is 53.0 Å². The van der Waals surface area contributed by atoms with Crippen LogP contribution in [0, 0.1) is 5.92 Å². The summed E-state index contributed by atoms with van der Waals surface area (Å²) in [5.74, 6) is 0.807. The molecule has 164 valence electrons. The Labute approximate surface area is 176 Å².